The molecule has 5 rings (SSSR count). The number of benzene rings is 2. The van der Waals surface area contributed by atoms with Gasteiger partial charge in [-0.3, -0.25) is 0 Å². The molecule has 0 fully saturated rings. The molecule has 3 heterocycles. The molecule has 4 nitrogen and oxygen atoms in total. The van der Waals surface area contributed by atoms with Crippen molar-refractivity contribution in [1.82, 2.24) is 15.0 Å². The van der Waals surface area contributed by atoms with Crippen molar-refractivity contribution >= 4 is 33.3 Å². The molecule has 0 aliphatic carbocycles. The van der Waals surface area contributed by atoms with Gasteiger partial charge in [0, 0.05) is 22.3 Å². The van der Waals surface area contributed by atoms with Crippen molar-refractivity contribution < 1.29 is 8.81 Å². The lowest BCUT2D eigenvalue weighted by Crippen LogP contribution is -1.88. The standard InChI is InChI=1S/C22H14FN3OS2/c23-16-8-6-14(7-9-16)18-12-29-22-19(18)21(24-13-25-22)28-11-17-10-27-20(26-17)15-4-2-1-3-5-15/h1-10,12-13H,11H2. The average molecular weight is 420 g/mol. The van der Waals surface area contributed by atoms with E-state index in [1.165, 1.54) is 12.1 Å². The predicted molar refractivity (Wildman–Crippen MR) is 114 cm³/mol. The summed E-state index contributed by atoms with van der Waals surface area (Å²) in [5.74, 6) is 0.984. The van der Waals surface area contributed by atoms with Crippen molar-refractivity contribution in [3.8, 4) is 22.6 Å². The van der Waals surface area contributed by atoms with Crippen LogP contribution in [0.25, 0.3) is 32.8 Å². The number of nitrogens with zero attached hydrogens (tertiary/aromatic N) is 3. The number of thioether (sulfide) groups is 1. The second-order valence-corrected chi connectivity index (χ2v) is 8.14. The van der Waals surface area contributed by atoms with Gasteiger partial charge in [-0.1, -0.05) is 42.1 Å². The van der Waals surface area contributed by atoms with Gasteiger partial charge in [0.15, 0.2) is 0 Å². The zero-order chi connectivity index (χ0) is 19.6. The Morgan fingerprint density at radius 1 is 0.966 bits per heavy atom. The molecule has 5 aromatic rings. The topological polar surface area (TPSA) is 51.8 Å². The van der Waals surface area contributed by atoms with Crippen molar-refractivity contribution in [3.63, 3.8) is 0 Å². The van der Waals surface area contributed by atoms with Gasteiger partial charge >= 0.3 is 0 Å². The molecule has 0 spiro atoms. The Kier molecular flexibility index (Phi) is 4.83. The normalized spacial score (nSPS) is 11.2. The maximum absolute atomic E-state index is 13.3. The number of rotatable bonds is 5. The first-order chi connectivity index (χ1) is 14.3. The monoisotopic (exact) mass is 419 g/mol. The lowest BCUT2D eigenvalue weighted by molar-refractivity contribution is 0.573. The van der Waals surface area contributed by atoms with E-state index in [-0.39, 0.29) is 5.82 Å². The number of aromatic nitrogens is 3. The van der Waals surface area contributed by atoms with Crippen molar-refractivity contribution in [3.05, 3.63) is 84.1 Å². The minimum atomic E-state index is -0.251. The molecule has 7 heteroatoms. The third-order valence-electron chi connectivity index (χ3n) is 4.42. The molecule has 0 bridgehead atoms. The Morgan fingerprint density at radius 2 is 1.79 bits per heavy atom. The van der Waals surface area contributed by atoms with E-state index in [0.29, 0.717) is 11.6 Å². The van der Waals surface area contributed by atoms with Gasteiger partial charge in [0.1, 0.15) is 28.3 Å². The van der Waals surface area contributed by atoms with Gasteiger partial charge < -0.3 is 4.42 Å². The fourth-order valence-electron chi connectivity index (χ4n) is 3.03. The van der Waals surface area contributed by atoms with Crippen molar-refractivity contribution in [2.45, 2.75) is 10.8 Å². The maximum atomic E-state index is 13.3. The van der Waals surface area contributed by atoms with Gasteiger partial charge in [-0.05, 0) is 29.8 Å². The number of thiophene rings is 1. The fraction of sp³-hybridized carbons (Fsp3) is 0.0455. The Balaban J connectivity index is 1.43. The highest BCUT2D eigenvalue weighted by atomic mass is 32.2. The molecular weight excluding hydrogens is 405 g/mol. The maximum Gasteiger partial charge on any atom is 0.226 e. The predicted octanol–water partition coefficient (Wildman–Crippen LogP) is 6.44. The van der Waals surface area contributed by atoms with Crippen LogP contribution in [0.1, 0.15) is 5.69 Å². The van der Waals surface area contributed by atoms with Crippen molar-refractivity contribution in [2.24, 2.45) is 0 Å². The van der Waals surface area contributed by atoms with Crippen LogP contribution in [-0.2, 0) is 5.75 Å². The molecule has 0 saturated carbocycles. The summed E-state index contributed by atoms with van der Waals surface area (Å²) in [6, 6.07) is 16.3. The number of fused-ring (bicyclic) bond motifs is 1. The minimum absolute atomic E-state index is 0.251. The van der Waals surface area contributed by atoms with Crippen LogP contribution in [0.3, 0.4) is 0 Å². The Bertz CT molecular complexity index is 1270. The van der Waals surface area contributed by atoms with Gasteiger partial charge in [-0.15, -0.1) is 11.3 Å². The summed E-state index contributed by atoms with van der Waals surface area (Å²) >= 11 is 3.14. The van der Waals surface area contributed by atoms with E-state index in [9.17, 15) is 4.39 Å². The smallest absolute Gasteiger partial charge is 0.226 e. The third-order valence-corrected chi connectivity index (χ3v) is 6.33. The van der Waals surface area contributed by atoms with Crippen LogP contribution in [-0.4, -0.2) is 15.0 Å². The zero-order valence-electron chi connectivity index (χ0n) is 15.1. The fourth-order valence-corrected chi connectivity index (χ4v) is 4.90. The summed E-state index contributed by atoms with van der Waals surface area (Å²) in [4.78, 5) is 14.4. The van der Waals surface area contributed by atoms with Crippen molar-refractivity contribution in [2.75, 3.05) is 0 Å². The first-order valence-corrected chi connectivity index (χ1v) is 10.8. The molecule has 3 aromatic heterocycles. The van der Waals surface area contributed by atoms with Crippen molar-refractivity contribution in [1.29, 1.82) is 0 Å². The Morgan fingerprint density at radius 3 is 2.62 bits per heavy atom. The number of halogens is 1. The highest BCUT2D eigenvalue weighted by Gasteiger charge is 2.15. The number of hydrogen-bond donors (Lipinski definition) is 0. The minimum Gasteiger partial charge on any atom is -0.444 e. The molecule has 0 aliphatic rings. The van der Waals surface area contributed by atoms with E-state index in [4.69, 9.17) is 4.42 Å². The van der Waals surface area contributed by atoms with Gasteiger partial charge in [0.25, 0.3) is 0 Å². The first-order valence-electron chi connectivity index (χ1n) is 8.89. The molecule has 0 N–H and O–H groups in total. The lowest BCUT2D eigenvalue weighted by atomic mass is 10.1. The van der Waals surface area contributed by atoms with Gasteiger partial charge in [0.05, 0.1) is 11.1 Å². The summed E-state index contributed by atoms with van der Waals surface area (Å²) in [5, 5.41) is 3.90. The lowest BCUT2D eigenvalue weighted by Gasteiger charge is -2.04. The van der Waals surface area contributed by atoms with Crippen LogP contribution < -0.4 is 0 Å². The van der Waals surface area contributed by atoms with Crippen LogP contribution in [0.4, 0.5) is 4.39 Å². The van der Waals surface area contributed by atoms with E-state index >= 15 is 0 Å². The number of hydrogen-bond acceptors (Lipinski definition) is 6. The Hall–Kier alpha value is -3.03. The second-order valence-electron chi connectivity index (χ2n) is 6.31. The molecule has 0 radical (unpaired) electrons. The molecule has 0 atom stereocenters. The molecule has 142 valence electrons. The highest BCUT2D eigenvalue weighted by Crippen LogP contribution is 2.38. The van der Waals surface area contributed by atoms with E-state index < -0.39 is 0 Å². The van der Waals surface area contributed by atoms with E-state index in [1.54, 1.807) is 47.8 Å². The molecular formula is C22H14FN3OS2. The SMILES string of the molecule is Fc1ccc(-c2csc3ncnc(SCc4coc(-c5ccccc5)n4)c23)cc1. The quantitative estimate of drug-likeness (QED) is 0.242. The van der Waals surface area contributed by atoms with Crippen LogP contribution in [0, 0.1) is 5.82 Å². The molecule has 0 unspecified atom stereocenters. The second kappa shape index (κ2) is 7.77. The summed E-state index contributed by atoms with van der Waals surface area (Å²) in [5.41, 5.74) is 3.75. The number of oxazole rings is 1. The van der Waals surface area contributed by atoms with E-state index in [0.717, 1.165) is 37.6 Å². The van der Waals surface area contributed by atoms with Gasteiger partial charge in [-0.2, -0.15) is 0 Å². The van der Waals surface area contributed by atoms with E-state index in [2.05, 4.69) is 15.0 Å². The van der Waals surface area contributed by atoms with Crippen LogP contribution in [0.5, 0.6) is 0 Å². The zero-order valence-corrected chi connectivity index (χ0v) is 16.7. The highest BCUT2D eigenvalue weighted by molar-refractivity contribution is 7.98. The summed E-state index contributed by atoms with van der Waals surface area (Å²) in [6.07, 6.45) is 3.26. The molecule has 0 amide bonds. The molecule has 29 heavy (non-hydrogen) atoms. The van der Waals surface area contributed by atoms with Crippen LogP contribution in [0.2, 0.25) is 0 Å². The molecule has 2 aromatic carbocycles. The summed E-state index contributed by atoms with van der Waals surface area (Å²) < 4.78 is 18.9. The summed E-state index contributed by atoms with van der Waals surface area (Å²) in [6.45, 7) is 0. The largest absolute Gasteiger partial charge is 0.444 e. The third kappa shape index (κ3) is 3.66. The molecule has 0 saturated heterocycles. The average Bonchev–Trinajstić information content (AvgIpc) is 3.41. The van der Waals surface area contributed by atoms with Gasteiger partial charge in [-0.25, -0.2) is 19.3 Å². The van der Waals surface area contributed by atoms with E-state index in [1.807, 2.05) is 35.7 Å². The van der Waals surface area contributed by atoms with Gasteiger partial charge in [0.2, 0.25) is 5.89 Å². The molecule has 0 aliphatic heterocycles. The van der Waals surface area contributed by atoms with Crippen LogP contribution >= 0.6 is 23.1 Å². The van der Waals surface area contributed by atoms with Crippen LogP contribution in [0.15, 0.2) is 82.0 Å². The Labute approximate surface area is 174 Å². The first kappa shape index (κ1) is 18.0. The summed E-state index contributed by atoms with van der Waals surface area (Å²) in [7, 11) is 0.